The van der Waals surface area contributed by atoms with Crippen LogP contribution in [0.5, 0.6) is 5.75 Å². The van der Waals surface area contributed by atoms with E-state index < -0.39 is 23.2 Å². The van der Waals surface area contributed by atoms with Gasteiger partial charge in [0.15, 0.2) is 0 Å². The first-order valence-electron chi connectivity index (χ1n) is 7.94. The Balaban J connectivity index is 2.05. The van der Waals surface area contributed by atoms with E-state index in [1.807, 2.05) is 31.2 Å². The smallest absolute Gasteiger partial charge is 0.307 e. The molecule has 0 saturated heterocycles. The summed E-state index contributed by atoms with van der Waals surface area (Å²) in [5.41, 5.74) is 0.397. The number of hydrogen-bond donors (Lipinski definition) is 2. The number of carbonyl (C=O) groups excluding carboxylic acids is 1. The number of carbonyl (C=O) groups is 2. The molecule has 2 N–H and O–H groups in total. The minimum atomic E-state index is -0.925. The van der Waals surface area contributed by atoms with Gasteiger partial charge in [-0.2, -0.15) is 0 Å². The molecule has 0 aliphatic heterocycles. The van der Waals surface area contributed by atoms with E-state index in [0.717, 1.165) is 11.3 Å². The topological polar surface area (TPSA) is 84.9 Å². The Morgan fingerprint density at radius 3 is 2.17 bits per heavy atom. The Bertz CT molecular complexity index is 610. The molecule has 1 aromatic rings. The highest BCUT2D eigenvalue weighted by Gasteiger charge is 2.66. The van der Waals surface area contributed by atoms with Crippen LogP contribution in [0.1, 0.15) is 32.4 Å². The molecule has 132 valence electrons. The van der Waals surface area contributed by atoms with Crippen molar-refractivity contribution in [3.63, 3.8) is 0 Å². The SMILES string of the molecule is COc1ccc(C(OC)C(C)NC(=O)[C@@H]2[C@H](C(=O)O)C2(C)C)cc1. The van der Waals surface area contributed by atoms with Gasteiger partial charge in [0, 0.05) is 7.11 Å². The van der Waals surface area contributed by atoms with Gasteiger partial charge >= 0.3 is 5.97 Å². The summed E-state index contributed by atoms with van der Waals surface area (Å²) in [5.74, 6) is -1.56. The van der Waals surface area contributed by atoms with Crippen molar-refractivity contribution in [1.29, 1.82) is 0 Å². The maximum Gasteiger partial charge on any atom is 0.307 e. The third-order valence-electron chi connectivity index (χ3n) is 4.90. The maximum absolute atomic E-state index is 12.4. The number of nitrogens with one attached hydrogen (secondary N) is 1. The van der Waals surface area contributed by atoms with Crippen molar-refractivity contribution in [2.24, 2.45) is 17.3 Å². The van der Waals surface area contributed by atoms with Crippen LogP contribution in [-0.4, -0.2) is 37.2 Å². The number of carboxylic acids is 1. The summed E-state index contributed by atoms with van der Waals surface area (Å²) < 4.78 is 10.7. The number of carboxylic acid groups (broad SMARTS) is 1. The minimum absolute atomic E-state index is 0.240. The van der Waals surface area contributed by atoms with E-state index in [-0.39, 0.29) is 18.1 Å². The molecular weight excluding hydrogens is 310 g/mol. The number of rotatable bonds is 7. The van der Waals surface area contributed by atoms with E-state index in [2.05, 4.69) is 5.32 Å². The lowest BCUT2D eigenvalue weighted by atomic mass is 10.0. The zero-order valence-electron chi connectivity index (χ0n) is 14.7. The van der Waals surface area contributed by atoms with E-state index in [1.54, 1.807) is 28.1 Å². The third kappa shape index (κ3) is 3.38. The lowest BCUT2D eigenvalue weighted by molar-refractivity contribution is -0.140. The van der Waals surface area contributed by atoms with Gasteiger partial charge in [0.2, 0.25) is 5.91 Å². The number of ether oxygens (including phenoxy) is 2. The van der Waals surface area contributed by atoms with Crippen molar-refractivity contribution in [2.75, 3.05) is 14.2 Å². The summed E-state index contributed by atoms with van der Waals surface area (Å²) in [6, 6.07) is 7.15. The Kier molecular flexibility index (Phi) is 5.18. The van der Waals surface area contributed by atoms with Crippen molar-refractivity contribution in [3.05, 3.63) is 29.8 Å². The molecule has 24 heavy (non-hydrogen) atoms. The second-order valence-electron chi connectivity index (χ2n) is 6.84. The molecule has 1 amide bonds. The summed E-state index contributed by atoms with van der Waals surface area (Å²) in [7, 11) is 3.18. The van der Waals surface area contributed by atoms with E-state index in [9.17, 15) is 14.7 Å². The molecule has 2 unspecified atom stereocenters. The second-order valence-corrected chi connectivity index (χ2v) is 6.84. The van der Waals surface area contributed by atoms with Crippen LogP contribution in [0.2, 0.25) is 0 Å². The number of aliphatic carboxylic acids is 1. The van der Waals surface area contributed by atoms with Crippen molar-refractivity contribution in [2.45, 2.75) is 32.9 Å². The normalized spacial score (nSPS) is 23.9. The molecule has 6 heteroatoms. The molecule has 6 nitrogen and oxygen atoms in total. The van der Waals surface area contributed by atoms with E-state index in [0.29, 0.717) is 0 Å². The zero-order chi connectivity index (χ0) is 18.1. The molecule has 0 aromatic heterocycles. The Morgan fingerprint density at radius 1 is 1.17 bits per heavy atom. The van der Waals surface area contributed by atoms with Crippen molar-refractivity contribution in [1.82, 2.24) is 5.32 Å². The molecule has 1 aliphatic carbocycles. The number of methoxy groups -OCH3 is 2. The molecule has 0 radical (unpaired) electrons. The van der Waals surface area contributed by atoms with E-state index >= 15 is 0 Å². The van der Waals surface area contributed by atoms with Crippen LogP contribution < -0.4 is 10.1 Å². The summed E-state index contributed by atoms with van der Waals surface area (Å²) in [6.45, 7) is 5.46. The minimum Gasteiger partial charge on any atom is -0.497 e. The lowest BCUT2D eigenvalue weighted by Gasteiger charge is -2.24. The second kappa shape index (κ2) is 6.81. The van der Waals surface area contributed by atoms with Crippen LogP contribution in [0.15, 0.2) is 24.3 Å². The van der Waals surface area contributed by atoms with Crippen LogP contribution in [0, 0.1) is 17.3 Å². The predicted molar refractivity (Wildman–Crippen MR) is 88.7 cm³/mol. The standard InChI is InChI=1S/C18H25NO5/c1-10(15(24-5)11-6-8-12(23-4)9-7-11)19-16(20)13-14(17(21)22)18(13,2)3/h6-10,13-15H,1-5H3,(H,19,20)(H,21,22)/t10?,13-,14+,15?/m0/s1. The van der Waals surface area contributed by atoms with Crippen molar-refractivity contribution in [3.8, 4) is 5.75 Å². The fraction of sp³-hybridized carbons (Fsp3) is 0.556. The monoisotopic (exact) mass is 335 g/mol. The molecule has 1 aliphatic rings. The highest BCUT2D eigenvalue weighted by atomic mass is 16.5. The first kappa shape index (κ1) is 18.3. The summed E-state index contributed by atoms with van der Waals surface area (Å²) in [5, 5.41) is 12.1. The maximum atomic E-state index is 12.4. The molecule has 0 bridgehead atoms. The highest BCUT2D eigenvalue weighted by Crippen LogP contribution is 2.58. The average molecular weight is 335 g/mol. The van der Waals surface area contributed by atoms with Crippen LogP contribution in [0.25, 0.3) is 0 Å². The van der Waals surface area contributed by atoms with Gasteiger partial charge in [-0.15, -0.1) is 0 Å². The largest absolute Gasteiger partial charge is 0.497 e. The molecule has 2 rings (SSSR count). The molecule has 1 aromatic carbocycles. The fourth-order valence-electron chi connectivity index (χ4n) is 3.40. The quantitative estimate of drug-likeness (QED) is 0.798. The zero-order valence-corrected chi connectivity index (χ0v) is 14.7. The van der Waals surface area contributed by atoms with Crippen molar-refractivity contribution >= 4 is 11.9 Å². The molecule has 4 atom stereocenters. The Hall–Kier alpha value is -2.08. The summed E-state index contributed by atoms with van der Waals surface area (Å²) in [4.78, 5) is 23.7. The van der Waals surface area contributed by atoms with Gasteiger partial charge in [-0.05, 0) is 30.0 Å². The van der Waals surface area contributed by atoms with Gasteiger partial charge < -0.3 is 19.9 Å². The van der Waals surface area contributed by atoms with Crippen LogP contribution in [-0.2, 0) is 14.3 Å². The Morgan fingerprint density at radius 2 is 1.75 bits per heavy atom. The van der Waals surface area contributed by atoms with Crippen LogP contribution in [0.3, 0.4) is 0 Å². The van der Waals surface area contributed by atoms with Gasteiger partial charge in [-0.3, -0.25) is 9.59 Å². The summed E-state index contributed by atoms with van der Waals surface area (Å²) in [6.07, 6.45) is -0.329. The van der Waals surface area contributed by atoms with Crippen LogP contribution >= 0.6 is 0 Å². The third-order valence-corrected chi connectivity index (χ3v) is 4.90. The van der Waals surface area contributed by atoms with Crippen molar-refractivity contribution < 1.29 is 24.2 Å². The molecule has 0 heterocycles. The fourth-order valence-corrected chi connectivity index (χ4v) is 3.40. The highest BCUT2D eigenvalue weighted by molar-refractivity contribution is 5.91. The van der Waals surface area contributed by atoms with Gasteiger partial charge in [-0.25, -0.2) is 0 Å². The molecule has 1 saturated carbocycles. The van der Waals surface area contributed by atoms with Gasteiger partial charge in [0.1, 0.15) is 11.9 Å². The van der Waals surface area contributed by atoms with Gasteiger partial charge in [0.05, 0.1) is 25.0 Å². The Labute approximate surface area is 142 Å². The molecule has 1 fully saturated rings. The van der Waals surface area contributed by atoms with E-state index in [4.69, 9.17) is 9.47 Å². The molecular formula is C18H25NO5. The number of benzene rings is 1. The van der Waals surface area contributed by atoms with Gasteiger partial charge in [-0.1, -0.05) is 26.0 Å². The van der Waals surface area contributed by atoms with Crippen LogP contribution in [0.4, 0.5) is 0 Å². The average Bonchev–Trinajstić information content (AvgIpc) is 3.11. The predicted octanol–water partition coefficient (Wildman–Crippen LogP) is 2.24. The first-order valence-corrected chi connectivity index (χ1v) is 7.94. The lowest BCUT2D eigenvalue weighted by Crippen LogP contribution is -2.39. The number of amides is 1. The van der Waals surface area contributed by atoms with Gasteiger partial charge in [0.25, 0.3) is 0 Å². The first-order chi connectivity index (χ1) is 11.2. The number of hydrogen-bond acceptors (Lipinski definition) is 4. The molecule has 0 spiro atoms. The summed E-state index contributed by atoms with van der Waals surface area (Å²) >= 11 is 0. The van der Waals surface area contributed by atoms with E-state index in [1.165, 1.54) is 0 Å².